The molecule has 1 saturated heterocycles. The van der Waals surface area contributed by atoms with Crippen LogP contribution in [0.15, 0.2) is 42.5 Å². The molecule has 1 fully saturated rings. The fourth-order valence-electron chi connectivity index (χ4n) is 3.63. The summed E-state index contributed by atoms with van der Waals surface area (Å²) in [5, 5.41) is 0. The number of halogens is 2. The summed E-state index contributed by atoms with van der Waals surface area (Å²) in [5.41, 5.74) is 1.81. The van der Waals surface area contributed by atoms with Gasteiger partial charge in [-0.2, -0.15) is 0 Å². The van der Waals surface area contributed by atoms with Crippen LogP contribution in [0.1, 0.15) is 37.8 Å². The van der Waals surface area contributed by atoms with Crippen LogP contribution in [-0.4, -0.2) is 44.9 Å². The third-order valence-electron chi connectivity index (χ3n) is 5.36. The van der Waals surface area contributed by atoms with E-state index in [-0.39, 0.29) is 12.1 Å². The second-order valence-corrected chi connectivity index (χ2v) is 9.55. The van der Waals surface area contributed by atoms with Gasteiger partial charge in [0, 0.05) is 31.1 Å². The molecule has 1 aliphatic heterocycles. The van der Waals surface area contributed by atoms with Crippen LogP contribution in [0, 0.1) is 11.6 Å². The van der Waals surface area contributed by atoms with Gasteiger partial charge in [0.15, 0.2) is 0 Å². The van der Waals surface area contributed by atoms with Crippen LogP contribution in [-0.2, 0) is 14.8 Å². The van der Waals surface area contributed by atoms with E-state index in [1.165, 1.54) is 12.1 Å². The van der Waals surface area contributed by atoms with Gasteiger partial charge in [-0.15, -0.1) is 0 Å². The van der Waals surface area contributed by atoms with Gasteiger partial charge in [-0.1, -0.05) is 24.3 Å². The van der Waals surface area contributed by atoms with Crippen molar-refractivity contribution < 1.29 is 26.7 Å². The number of rotatable bonds is 8. The second-order valence-electron chi connectivity index (χ2n) is 7.72. The quantitative estimate of drug-likeness (QED) is 0.608. The topological polar surface area (TPSA) is 75.7 Å². The fourth-order valence-corrected chi connectivity index (χ4v) is 4.15. The molecule has 168 valence electrons. The average molecular weight is 453 g/mol. The summed E-state index contributed by atoms with van der Waals surface area (Å²) >= 11 is 0. The van der Waals surface area contributed by atoms with Gasteiger partial charge in [-0.05, 0) is 43.0 Å². The molecule has 1 N–H and O–H groups in total. The van der Waals surface area contributed by atoms with E-state index >= 15 is 0 Å². The molecule has 0 saturated carbocycles. The summed E-state index contributed by atoms with van der Waals surface area (Å²) in [6.07, 6.45) is 2.30. The normalized spacial score (nSPS) is 18.0. The van der Waals surface area contributed by atoms with Crippen molar-refractivity contribution in [3.05, 3.63) is 59.7 Å². The first-order chi connectivity index (χ1) is 14.6. The van der Waals surface area contributed by atoms with Crippen molar-refractivity contribution in [2.75, 3.05) is 19.3 Å². The zero-order valence-electron chi connectivity index (χ0n) is 17.5. The Bertz CT molecular complexity index is 1030. The van der Waals surface area contributed by atoms with Crippen LogP contribution in [0.5, 0.6) is 0 Å². The second kappa shape index (κ2) is 9.74. The van der Waals surface area contributed by atoms with E-state index in [9.17, 15) is 22.0 Å². The molecule has 1 amide bonds. The highest BCUT2D eigenvalue weighted by Crippen LogP contribution is 2.29. The predicted molar refractivity (Wildman–Crippen MR) is 114 cm³/mol. The van der Waals surface area contributed by atoms with Crippen molar-refractivity contribution >= 4 is 16.1 Å². The fraction of sp³-hybridized carbons (Fsp3) is 0.409. The van der Waals surface area contributed by atoms with E-state index in [0.29, 0.717) is 43.5 Å². The van der Waals surface area contributed by atoms with Crippen LogP contribution in [0.2, 0.25) is 0 Å². The summed E-state index contributed by atoms with van der Waals surface area (Å²) < 4.78 is 57.2. The smallest absolute Gasteiger partial charge is 0.410 e. The number of amides is 1. The van der Waals surface area contributed by atoms with E-state index in [0.717, 1.165) is 17.9 Å². The standard InChI is InChI=1S/C22H26F2N2O4S/c1-15(16-5-7-17(8-6-16)20-10-9-18(23)14-21(20)24)26-13-11-19(30-22(26)27)4-3-12-25-31(2,28)29/h5-10,14-15,19,25H,3-4,11-13H2,1-2H3. The van der Waals surface area contributed by atoms with E-state index in [1.807, 2.05) is 19.1 Å². The predicted octanol–water partition coefficient (Wildman–Crippen LogP) is 4.23. The summed E-state index contributed by atoms with van der Waals surface area (Å²) in [4.78, 5) is 14.1. The lowest BCUT2D eigenvalue weighted by molar-refractivity contribution is 0.00941. The summed E-state index contributed by atoms with van der Waals surface area (Å²) in [5.74, 6) is -1.25. The monoisotopic (exact) mass is 452 g/mol. The van der Waals surface area contributed by atoms with Crippen molar-refractivity contribution in [1.29, 1.82) is 0 Å². The van der Waals surface area contributed by atoms with Crippen molar-refractivity contribution in [2.45, 2.75) is 38.3 Å². The Labute approximate surface area is 181 Å². The molecule has 0 spiro atoms. The molecule has 1 aliphatic rings. The number of carbonyl (C=O) groups is 1. The van der Waals surface area contributed by atoms with Crippen LogP contribution in [0.4, 0.5) is 13.6 Å². The number of ether oxygens (including phenoxy) is 1. The Balaban J connectivity index is 1.57. The molecule has 0 aliphatic carbocycles. The number of nitrogens with zero attached hydrogens (tertiary/aromatic N) is 1. The maximum atomic E-state index is 14.0. The first kappa shape index (κ1) is 23.1. The molecule has 2 aromatic rings. The van der Waals surface area contributed by atoms with Crippen LogP contribution < -0.4 is 4.72 Å². The number of sulfonamides is 1. The van der Waals surface area contributed by atoms with Gasteiger partial charge in [0.25, 0.3) is 0 Å². The highest BCUT2D eigenvalue weighted by atomic mass is 32.2. The molecule has 3 rings (SSSR count). The Morgan fingerprint density at radius 2 is 1.90 bits per heavy atom. The largest absolute Gasteiger partial charge is 0.446 e. The van der Waals surface area contributed by atoms with Crippen LogP contribution in [0.3, 0.4) is 0 Å². The van der Waals surface area contributed by atoms with Crippen LogP contribution in [0.25, 0.3) is 11.1 Å². The van der Waals surface area contributed by atoms with Crippen molar-refractivity contribution in [3.63, 3.8) is 0 Å². The molecule has 9 heteroatoms. The summed E-state index contributed by atoms with van der Waals surface area (Å²) in [6.45, 7) is 2.73. The lowest BCUT2D eigenvalue weighted by Crippen LogP contribution is -2.43. The minimum Gasteiger partial charge on any atom is -0.446 e. The van der Waals surface area contributed by atoms with Crippen molar-refractivity contribution in [2.24, 2.45) is 0 Å². The number of carbonyl (C=O) groups excluding carboxylic acids is 1. The van der Waals surface area contributed by atoms with E-state index in [2.05, 4.69) is 4.72 Å². The molecule has 1 heterocycles. The molecule has 2 unspecified atom stereocenters. The molecular formula is C22H26F2N2O4S. The average Bonchev–Trinajstić information content (AvgIpc) is 2.70. The molecule has 0 bridgehead atoms. The summed E-state index contributed by atoms with van der Waals surface area (Å²) in [6, 6.07) is 10.4. The lowest BCUT2D eigenvalue weighted by Gasteiger charge is -2.36. The van der Waals surface area contributed by atoms with Gasteiger partial charge >= 0.3 is 6.09 Å². The van der Waals surface area contributed by atoms with Crippen molar-refractivity contribution in [3.8, 4) is 11.1 Å². The highest BCUT2D eigenvalue weighted by molar-refractivity contribution is 7.88. The number of hydrogen-bond donors (Lipinski definition) is 1. The SMILES string of the molecule is CC(c1ccc(-c2ccc(F)cc2F)cc1)N1CCC(CCCNS(C)(=O)=O)OC1=O. The number of benzene rings is 2. The number of cyclic esters (lactones) is 1. The van der Waals surface area contributed by atoms with E-state index in [4.69, 9.17) is 4.74 Å². The Morgan fingerprint density at radius 1 is 1.19 bits per heavy atom. The molecule has 0 aromatic heterocycles. The van der Waals surface area contributed by atoms with Gasteiger partial charge in [0.1, 0.15) is 17.7 Å². The van der Waals surface area contributed by atoms with Gasteiger partial charge in [0.2, 0.25) is 10.0 Å². The molecule has 2 atom stereocenters. The van der Waals surface area contributed by atoms with Crippen LogP contribution >= 0.6 is 0 Å². The maximum Gasteiger partial charge on any atom is 0.410 e. The first-order valence-corrected chi connectivity index (χ1v) is 12.0. The molecular weight excluding hydrogens is 426 g/mol. The number of nitrogens with one attached hydrogen (secondary N) is 1. The Kier molecular flexibility index (Phi) is 7.27. The van der Waals surface area contributed by atoms with Gasteiger partial charge < -0.3 is 9.64 Å². The molecule has 2 aromatic carbocycles. The third-order valence-corrected chi connectivity index (χ3v) is 6.09. The lowest BCUT2D eigenvalue weighted by atomic mass is 9.99. The molecule has 31 heavy (non-hydrogen) atoms. The highest BCUT2D eigenvalue weighted by Gasteiger charge is 2.30. The van der Waals surface area contributed by atoms with E-state index < -0.39 is 27.8 Å². The molecule has 0 radical (unpaired) electrons. The molecule has 6 nitrogen and oxygen atoms in total. The summed E-state index contributed by atoms with van der Waals surface area (Å²) in [7, 11) is -3.22. The number of hydrogen-bond acceptors (Lipinski definition) is 4. The Hall–Kier alpha value is -2.52. The minimum absolute atomic E-state index is 0.229. The van der Waals surface area contributed by atoms with Crippen molar-refractivity contribution in [1.82, 2.24) is 9.62 Å². The van der Waals surface area contributed by atoms with Gasteiger partial charge in [0.05, 0.1) is 12.3 Å². The Morgan fingerprint density at radius 3 is 2.52 bits per heavy atom. The minimum atomic E-state index is -3.22. The first-order valence-electron chi connectivity index (χ1n) is 10.1. The zero-order chi connectivity index (χ0) is 22.6. The van der Waals surface area contributed by atoms with Gasteiger partial charge in [-0.25, -0.2) is 26.7 Å². The third kappa shape index (κ3) is 6.24. The van der Waals surface area contributed by atoms with Gasteiger partial charge in [-0.3, -0.25) is 0 Å². The zero-order valence-corrected chi connectivity index (χ0v) is 18.3. The maximum absolute atomic E-state index is 14.0. The van der Waals surface area contributed by atoms with E-state index in [1.54, 1.807) is 17.0 Å².